The Hall–Kier alpha value is 0.440. The zero-order valence-corrected chi connectivity index (χ0v) is 6.11. The number of halogens is 1. The van der Waals surface area contributed by atoms with E-state index in [0.29, 0.717) is 0 Å². The van der Waals surface area contributed by atoms with Gasteiger partial charge in [0.2, 0.25) is 0 Å². The van der Waals surface area contributed by atoms with Crippen LogP contribution < -0.4 is 4.89 Å². The molecule has 0 aromatic heterocycles. The Bertz CT molecular complexity index is 105. The number of hydrogen-bond acceptors (Lipinski definition) is 3. The maximum Gasteiger partial charge on any atom is 0.149 e. The molecule has 0 saturated carbocycles. The van der Waals surface area contributed by atoms with Gasteiger partial charge in [-0.3, -0.25) is 0 Å². The van der Waals surface area contributed by atoms with Gasteiger partial charge in [0.05, 0.1) is 12.2 Å². The molecule has 1 unspecified atom stereocenters. The molecule has 5 heteroatoms. The zero-order valence-electron chi connectivity index (χ0n) is 4.46. The Kier molecular flexibility index (Phi) is 3.65. The van der Waals surface area contributed by atoms with Gasteiger partial charge in [-0.25, -0.2) is 0 Å². The predicted molar refractivity (Wildman–Crippen MR) is 30.0 cm³/mol. The van der Waals surface area contributed by atoms with Crippen LogP contribution in [0.15, 0.2) is 0 Å². The quantitative estimate of drug-likeness (QED) is 0.449. The molecule has 0 bridgehead atoms. The van der Waals surface area contributed by atoms with Crippen LogP contribution in [0.3, 0.4) is 0 Å². The van der Waals surface area contributed by atoms with Crippen molar-refractivity contribution in [3.8, 4) is 0 Å². The van der Waals surface area contributed by atoms with Crippen molar-refractivity contribution in [1.29, 1.82) is 0 Å². The Morgan fingerprint density at radius 2 is 2.38 bits per heavy atom. The van der Waals surface area contributed by atoms with Crippen molar-refractivity contribution in [3.05, 3.63) is 0 Å². The van der Waals surface area contributed by atoms with Crippen LogP contribution in [0.2, 0.25) is 0 Å². The molecule has 1 atom stereocenters. The van der Waals surface area contributed by atoms with Crippen LogP contribution in [-0.4, -0.2) is 12.2 Å². The first kappa shape index (κ1) is 8.44. The third-order valence-electron chi connectivity index (χ3n) is 0.472. The molecule has 0 saturated heterocycles. The molecule has 0 aliphatic heterocycles. The highest BCUT2D eigenvalue weighted by atomic mass is 35.5. The molecule has 0 spiro atoms. The molecule has 8 heavy (non-hydrogen) atoms. The van der Waals surface area contributed by atoms with Gasteiger partial charge in [0.15, 0.2) is 0 Å². The van der Waals surface area contributed by atoms with Crippen LogP contribution in [0.5, 0.6) is 0 Å². The van der Waals surface area contributed by atoms with Gasteiger partial charge in [0, 0.05) is 0 Å². The van der Waals surface area contributed by atoms with Crippen LogP contribution in [0, 0.1) is 0 Å². The van der Waals surface area contributed by atoms with E-state index in [1.165, 1.54) is 0 Å². The average molecular weight is 158 g/mol. The number of rotatable bonds is 3. The van der Waals surface area contributed by atoms with Gasteiger partial charge in [-0.1, -0.05) is 0 Å². The summed E-state index contributed by atoms with van der Waals surface area (Å²) in [6.45, 7) is 1.75. The molecule has 0 rings (SSSR count). The molecule has 0 heterocycles. The van der Waals surface area contributed by atoms with Crippen molar-refractivity contribution in [2.75, 3.05) is 12.2 Å². The summed E-state index contributed by atoms with van der Waals surface area (Å²) >= 11 is 4.97. The normalized spacial score (nSPS) is 17.9. The van der Waals surface area contributed by atoms with Crippen LogP contribution in [0.1, 0.15) is 6.92 Å². The summed E-state index contributed by atoms with van der Waals surface area (Å²) in [5, 5.41) is 0. The highest BCUT2D eigenvalue weighted by Gasteiger charge is 2.01. The first-order valence-electron chi connectivity index (χ1n) is 2.13. The lowest BCUT2D eigenvalue weighted by Gasteiger charge is -2.18. The molecule has 0 N–H and O–H groups in total. The lowest BCUT2D eigenvalue weighted by atomic mass is 10.9. The molecule has 0 aliphatic rings. The Balaban J connectivity index is 3.55. The highest BCUT2D eigenvalue weighted by molar-refractivity contribution is 7.53. The molecule has 3 nitrogen and oxygen atoms in total. The Morgan fingerprint density at radius 3 is 2.50 bits per heavy atom. The van der Waals surface area contributed by atoms with E-state index in [-0.39, 0.29) is 6.61 Å². The SMILES string of the molecule is CCOP(=O)([O-])CCl. The molecular formula is C3H7ClO3P-. The summed E-state index contributed by atoms with van der Waals surface area (Å²) in [6, 6.07) is 0. The monoisotopic (exact) mass is 157 g/mol. The van der Waals surface area contributed by atoms with Gasteiger partial charge in [-0.2, -0.15) is 0 Å². The molecule has 0 amide bonds. The lowest BCUT2D eigenvalue weighted by Crippen LogP contribution is -2.04. The summed E-state index contributed by atoms with van der Waals surface area (Å²) in [5.74, 6) is 0. The topological polar surface area (TPSA) is 49.4 Å². The standard InChI is InChI=1S/C3H8ClO3P/c1-2-7-8(5,6)3-4/h2-3H2,1H3,(H,5,6)/p-1. The molecule has 0 aliphatic carbocycles. The van der Waals surface area contributed by atoms with E-state index in [0.717, 1.165) is 0 Å². The van der Waals surface area contributed by atoms with Crippen molar-refractivity contribution >= 4 is 19.2 Å². The van der Waals surface area contributed by atoms with Gasteiger partial charge in [0.1, 0.15) is 7.60 Å². The van der Waals surface area contributed by atoms with Gasteiger partial charge in [-0.15, -0.1) is 11.6 Å². The maximum absolute atomic E-state index is 10.3. The fourth-order valence-electron chi connectivity index (χ4n) is 0.231. The zero-order chi connectivity index (χ0) is 6.62. The van der Waals surface area contributed by atoms with E-state index in [1.807, 2.05) is 0 Å². The van der Waals surface area contributed by atoms with E-state index < -0.39 is 13.2 Å². The first-order valence-corrected chi connectivity index (χ1v) is 4.39. The molecular weight excluding hydrogens is 150 g/mol. The summed E-state index contributed by atoms with van der Waals surface area (Å²) < 4.78 is 14.5. The van der Waals surface area contributed by atoms with Crippen molar-refractivity contribution in [2.45, 2.75) is 6.92 Å². The Labute approximate surface area is 53.1 Å². The molecule has 0 aromatic carbocycles. The van der Waals surface area contributed by atoms with Crippen molar-refractivity contribution < 1.29 is 14.0 Å². The van der Waals surface area contributed by atoms with Crippen molar-refractivity contribution in [2.24, 2.45) is 0 Å². The molecule has 0 fully saturated rings. The minimum atomic E-state index is -3.66. The van der Waals surface area contributed by atoms with Crippen LogP contribution >= 0.6 is 19.2 Å². The van der Waals surface area contributed by atoms with Crippen molar-refractivity contribution in [3.63, 3.8) is 0 Å². The summed E-state index contributed by atoms with van der Waals surface area (Å²) in [4.78, 5) is 10.3. The van der Waals surface area contributed by atoms with Crippen LogP contribution in [-0.2, 0) is 9.09 Å². The third-order valence-corrected chi connectivity index (χ3v) is 2.29. The van der Waals surface area contributed by atoms with Gasteiger partial charge in [-0.05, 0) is 6.92 Å². The van der Waals surface area contributed by atoms with E-state index in [2.05, 4.69) is 4.52 Å². The predicted octanol–water partition coefficient (Wildman–Crippen LogP) is 0.773. The van der Waals surface area contributed by atoms with E-state index in [4.69, 9.17) is 11.6 Å². The largest absolute Gasteiger partial charge is 0.778 e. The molecule has 0 radical (unpaired) electrons. The maximum atomic E-state index is 10.3. The summed E-state index contributed by atoms with van der Waals surface area (Å²) in [7, 11) is -3.66. The average Bonchev–Trinajstić information content (AvgIpc) is 1.67. The van der Waals surface area contributed by atoms with Crippen molar-refractivity contribution in [1.82, 2.24) is 0 Å². The summed E-state index contributed by atoms with van der Waals surface area (Å²) in [5.41, 5.74) is -0.444. The highest BCUT2D eigenvalue weighted by Crippen LogP contribution is 2.37. The van der Waals surface area contributed by atoms with E-state index >= 15 is 0 Å². The van der Waals surface area contributed by atoms with Gasteiger partial charge >= 0.3 is 0 Å². The van der Waals surface area contributed by atoms with Crippen LogP contribution in [0.4, 0.5) is 0 Å². The molecule has 0 aromatic rings. The molecule has 50 valence electrons. The number of alkyl halides is 1. The van der Waals surface area contributed by atoms with Gasteiger partial charge < -0.3 is 14.0 Å². The van der Waals surface area contributed by atoms with E-state index in [1.54, 1.807) is 6.92 Å². The second-order valence-corrected chi connectivity index (χ2v) is 3.58. The third kappa shape index (κ3) is 3.44. The van der Waals surface area contributed by atoms with Gasteiger partial charge in [0.25, 0.3) is 0 Å². The number of hydrogen-bond donors (Lipinski definition) is 0. The lowest BCUT2D eigenvalue weighted by molar-refractivity contribution is -0.196. The Morgan fingerprint density at radius 1 is 1.88 bits per heavy atom. The smallest absolute Gasteiger partial charge is 0.149 e. The first-order chi connectivity index (χ1) is 3.62. The summed E-state index contributed by atoms with van der Waals surface area (Å²) in [6.07, 6.45) is 0. The second kappa shape index (κ2) is 3.46. The second-order valence-electron chi connectivity index (χ2n) is 1.15. The minimum Gasteiger partial charge on any atom is -0.778 e. The fraction of sp³-hybridized carbons (Fsp3) is 1.00. The van der Waals surface area contributed by atoms with Crippen LogP contribution in [0.25, 0.3) is 0 Å². The fourth-order valence-corrected chi connectivity index (χ4v) is 0.901. The minimum absolute atomic E-state index is 0.160. The van der Waals surface area contributed by atoms with E-state index in [9.17, 15) is 9.46 Å².